The fourth-order valence-corrected chi connectivity index (χ4v) is 2.94. The van der Waals surface area contributed by atoms with Crippen LogP contribution in [0, 0.1) is 13.8 Å². The number of rotatable bonds is 5. The number of carbonyl (C=O) groups is 1. The van der Waals surface area contributed by atoms with Gasteiger partial charge in [-0.1, -0.05) is 12.1 Å². The highest BCUT2D eigenvalue weighted by molar-refractivity contribution is 5.90. The number of ether oxygens (including phenoxy) is 1. The van der Waals surface area contributed by atoms with Gasteiger partial charge in [-0.05, 0) is 37.6 Å². The van der Waals surface area contributed by atoms with Gasteiger partial charge in [-0.25, -0.2) is 0 Å². The average molecular weight is 328 g/mol. The summed E-state index contributed by atoms with van der Waals surface area (Å²) >= 11 is 0. The molecule has 0 atom stereocenters. The van der Waals surface area contributed by atoms with Crippen molar-refractivity contribution in [3.05, 3.63) is 47.3 Å². The summed E-state index contributed by atoms with van der Waals surface area (Å²) < 4.78 is 7.10. The summed E-state index contributed by atoms with van der Waals surface area (Å²) in [6.07, 6.45) is 0. The van der Waals surface area contributed by atoms with Crippen molar-refractivity contribution in [3.8, 4) is 0 Å². The second-order valence-electron chi connectivity index (χ2n) is 6.22. The van der Waals surface area contributed by atoms with Gasteiger partial charge in [-0.2, -0.15) is 5.10 Å². The van der Waals surface area contributed by atoms with E-state index in [0.29, 0.717) is 0 Å². The van der Waals surface area contributed by atoms with Crippen molar-refractivity contribution in [1.82, 2.24) is 14.7 Å². The fraction of sp³-hybridized carbons (Fsp3) is 0.444. The summed E-state index contributed by atoms with van der Waals surface area (Å²) in [6, 6.07) is 9.99. The highest BCUT2D eigenvalue weighted by atomic mass is 16.5. The number of nitrogens with zero attached hydrogens (tertiary/aromatic N) is 3. The minimum atomic E-state index is -0.0651. The van der Waals surface area contributed by atoms with Gasteiger partial charge in [0.05, 0.1) is 18.9 Å². The molecule has 6 nitrogen and oxygen atoms in total. The Morgan fingerprint density at radius 1 is 1.25 bits per heavy atom. The van der Waals surface area contributed by atoms with E-state index in [1.807, 2.05) is 38.1 Å². The molecule has 3 rings (SSSR count). The summed E-state index contributed by atoms with van der Waals surface area (Å²) in [5, 5.41) is 7.29. The zero-order valence-electron chi connectivity index (χ0n) is 14.3. The molecule has 0 aliphatic carbocycles. The molecule has 6 heteroatoms. The third-order valence-corrected chi connectivity index (χ3v) is 4.12. The van der Waals surface area contributed by atoms with Crippen LogP contribution in [-0.4, -0.2) is 46.9 Å². The van der Waals surface area contributed by atoms with Crippen LogP contribution in [0.4, 0.5) is 5.69 Å². The molecule has 1 fully saturated rings. The van der Waals surface area contributed by atoms with Crippen LogP contribution in [0.5, 0.6) is 0 Å². The molecular weight excluding hydrogens is 304 g/mol. The van der Waals surface area contributed by atoms with Gasteiger partial charge in [-0.3, -0.25) is 14.4 Å². The quantitative estimate of drug-likeness (QED) is 0.912. The summed E-state index contributed by atoms with van der Waals surface area (Å²) in [5.74, 6) is -0.0651. The van der Waals surface area contributed by atoms with Gasteiger partial charge in [-0.15, -0.1) is 0 Å². The minimum Gasteiger partial charge on any atom is -0.379 e. The maximum atomic E-state index is 12.2. The Morgan fingerprint density at radius 3 is 2.75 bits per heavy atom. The Morgan fingerprint density at radius 2 is 2.04 bits per heavy atom. The Balaban J connectivity index is 1.59. The molecule has 2 heterocycles. The summed E-state index contributed by atoms with van der Waals surface area (Å²) in [4.78, 5) is 14.6. The van der Waals surface area contributed by atoms with Crippen LogP contribution in [0.15, 0.2) is 30.3 Å². The molecule has 1 aromatic carbocycles. The SMILES string of the molecule is Cc1cc(C)n(CC(=O)Nc2cccc(CN3CCOCC3)c2)n1. The number of aryl methyl sites for hydroxylation is 2. The van der Waals surface area contributed by atoms with Crippen LogP contribution in [0.1, 0.15) is 17.0 Å². The van der Waals surface area contributed by atoms with Crippen molar-refractivity contribution < 1.29 is 9.53 Å². The van der Waals surface area contributed by atoms with Crippen molar-refractivity contribution in [1.29, 1.82) is 0 Å². The maximum absolute atomic E-state index is 12.2. The third-order valence-electron chi connectivity index (χ3n) is 4.12. The van der Waals surface area contributed by atoms with Crippen molar-refractivity contribution >= 4 is 11.6 Å². The number of aromatic nitrogens is 2. The average Bonchev–Trinajstić information content (AvgIpc) is 2.86. The number of benzene rings is 1. The van der Waals surface area contributed by atoms with Crippen LogP contribution >= 0.6 is 0 Å². The predicted octanol–water partition coefficient (Wildman–Crippen LogP) is 1.97. The van der Waals surface area contributed by atoms with Crippen molar-refractivity contribution in [2.24, 2.45) is 0 Å². The second-order valence-corrected chi connectivity index (χ2v) is 6.22. The van der Waals surface area contributed by atoms with Gasteiger partial charge in [0.1, 0.15) is 6.54 Å². The number of carbonyl (C=O) groups excluding carboxylic acids is 1. The molecule has 1 amide bonds. The molecule has 2 aromatic rings. The van der Waals surface area contributed by atoms with E-state index in [0.717, 1.165) is 49.9 Å². The van der Waals surface area contributed by atoms with Crippen LogP contribution in [0.3, 0.4) is 0 Å². The van der Waals surface area contributed by atoms with E-state index in [4.69, 9.17) is 4.74 Å². The number of nitrogens with one attached hydrogen (secondary N) is 1. The molecule has 1 saturated heterocycles. The van der Waals surface area contributed by atoms with Crippen LogP contribution in [0.2, 0.25) is 0 Å². The molecule has 0 radical (unpaired) electrons. The normalized spacial score (nSPS) is 15.4. The van der Waals surface area contributed by atoms with Crippen LogP contribution in [0.25, 0.3) is 0 Å². The van der Waals surface area contributed by atoms with Crippen molar-refractivity contribution in [3.63, 3.8) is 0 Å². The monoisotopic (exact) mass is 328 g/mol. The van der Waals surface area contributed by atoms with Crippen molar-refractivity contribution in [2.75, 3.05) is 31.6 Å². The van der Waals surface area contributed by atoms with Gasteiger partial charge >= 0.3 is 0 Å². The van der Waals surface area contributed by atoms with E-state index >= 15 is 0 Å². The molecular formula is C18H24N4O2. The number of morpholine rings is 1. The van der Waals surface area contributed by atoms with Gasteiger partial charge in [0.25, 0.3) is 0 Å². The highest BCUT2D eigenvalue weighted by Crippen LogP contribution is 2.14. The van der Waals surface area contributed by atoms with Crippen molar-refractivity contribution in [2.45, 2.75) is 26.9 Å². The van der Waals surface area contributed by atoms with E-state index < -0.39 is 0 Å². The van der Waals surface area contributed by atoms with E-state index in [2.05, 4.69) is 21.4 Å². The van der Waals surface area contributed by atoms with Gasteiger partial charge < -0.3 is 10.1 Å². The first-order chi connectivity index (χ1) is 11.6. The second kappa shape index (κ2) is 7.59. The molecule has 24 heavy (non-hydrogen) atoms. The third kappa shape index (κ3) is 4.43. The zero-order chi connectivity index (χ0) is 16.9. The van der Waals surface area contributed by atoms with E-state index in [1.165, 1.54) is 5.56 Å². The standard InChI is InChI=1S/C18H24N4O2/c1-14-10-15(2)22(20-14)13-18(23)19-17-5-3-4-16(11-17)12-21-6-8-24-9-7-21/h3-5,10-11H,6-9,12-13H2,1-2H3,(H,19,23). The molecule has 0 saturated carbocycles. The number of amides is 1. The smallest absolute Gasteiger partial charge is 0.246 e. The molecule has 1 N–H and O–H groups in total. The summed E-state index contributed by atoms with van der Waals surface area (Å²) in [5.41, 5.74) is 3.93. The first-order valence-electron chi connectivity index (χ1n) is 8.30. The lowest BCUT2D eigenvalue weighted by Crippen LogP contribution is -2.35. The first-order valence-corrected chi connectivity index (χ1v) is 8.30. The molecule has 1 aliphatic heterocycles. The Labute approximate surface area is 142 Å². The Kier molecular flexibility index (Phi) is 5.27. The van der Waals surface area contributed by atoms with E-state index in [1.54, 1.807) is 4.68 Å². The molecule has 1 aliphatic rings. The predicted molar refractivity (Wildman–Crippen MR) is 92.9 cm³/mol. The molecule has 0 unspecified atom stereocenters. The molecule has 128 valence electrons. The van der Waals surface area contributed by atoms with Crippen LogP contribution < -0.4 is 5.32 Å². The highest BCUT2D eigenvalue weighted by Gasteiger charge is 2.12. The van der Waals surface area contributed by atoms with Crippen LogP contribution in [-0.2, 0) is 22.6 Å². The lowest BCUT2D eigenvalue weighted by Gasteiger charge is -2.26. The molecule has 0 spiro atoms. The lowest BCUT2D eigenvalue weighted by atomic mass is 10.2. The first kappa shape index (κ1) is 16.7. The Hall–Kier alpha value is -2.18. The molecule has 1 aromatic heterocycles. The topological polar surface area (TPSA) is 59.4 Å². The summed E-state index contributed by atoms with van der Waals surface area (Å²) in [6.45, 7) is 8.48. The lowest BCUT2D eigenvalue weighted by molar-refractivity contribution is -0.116. The molecule has 0 bridgehead atoms. The summed E-state index contributed by atoms with van der Waals surface area (Å²) in [7, 11) is 0. The van der Waals surface area contributed by atoms with E-state index in [9.17, 15) is 4.79 Å². The number of anilines is 1. The van der Waals surface area contributed by atoms with E-state index in [-0.39, 0.29) is 12.5 Å². The number of hydrogen-bond acceptors (Lipinski definition) is 4. The van der Waals surface area contributed by atoms with Gasteiger partial charge in [0.15, 0.2) is 0 Å². The minimum absolute atomic E-state index is 0.0651. The largest absolute Gasteiger partial charge is 0.379 e. The maximum Gasteiger partial charge on any atom is 0.246 e. The fourth-order valence-electron chi connectivity index (χ4n) is 2.94. The van der Waals surface area contributed by atoms with Gasteiger partial charge in [0, 0.05) is 31.0 Å². The number of hydrogen-bond donors (Lipinski definition) is 1. The zero-order valence-corrected chi connectivity index (χ0v) is 14.3. The Bertz CT molecular complexity index is 705. The van der Waals surface area contributed by atoms with Gasteiger partial charge in [0.2, 0.25) is 5.91 Å².